The normalized spacial score (nSPS) is 15.2. The molecule has 0 spiro atoms. The van der Waals surface area contributed by atoms with Gasteiger partial charge in [0.05, 0.1) is 22.6 Å². The predicted octanol–water partition coefficient (Wildman–Crippen LogP) is 4.48. The van der Waals surface area contributed by atoms with Gasteiger partial charge in [0.15, 0.2) is 0 Å². The lowest BCUT2D eigenvalue weighted by molar-refractivity contribution is -0.137. The summed E-state index contributed by atoms with van der Waals surface area (Å²) < 4.78 is 66.6. The van der Waals surface area contributed by atoms with Crippen LogP contribution in [-0.2, 0) is 21.0 Å². The number of amides is 3. The highest BCUT2D eigenvalue weighted by molar-refractivity contribution is 7.94. The van der Waals surface area contributed by atoms with Crippen molar-refractivity contribution < 1.29 is 31.2 Å². The summed E-state index contributed by atoms with van der Waals surface area (Å²) in [6, 6.07) is 16.6. The lowest BCUT2D eigenvalue weighted by Gasteiger charge is -2.35. The largest absolute Gasteiger partial charge is 0.418 e. The molecular formula is C22H16F3N3O4S. The van der Waals surface area contributed by atoms with Crippen molar-refractivity contribution in [2.45, 2.75) is 11.1 Å². The number of halogens is 3. The van der Waals surface area contributed by atoms with Crippen LogP contribution in [0.5, 0.6) is 0 Å². The number of nitrogens with one attached hydrogen (secondary N) is 1. The van der Waals surface area contributed by atoms with Gasteiger partial charge in [-0.3, -0.25) is 9.69 Å². The molecule has 3 aromatic rings. The van der Waals surface area contributed by atoms with Crippen molar-refractivity contribution in [2.75, 3.05) is 21.1 Å². The molecule has 1 aliphatic rings. The van der Waals surface area contributed by atoms with Crippen LogP contribution in [0.1, 0.15) is 5.56 Å². The van der Waals surface area contributed by atoms with Crippen LogP contribution in [0.4, 0.5) is 35.0 Å². The van der Waals surface area contributed by atoms with Crippen molar-refractivity contribution >= 4 is 39.0 Å². The first-order valence-electron chi connectivity index (χ1n) is 9.57. The number of hydrogen-bond donors (Lipinski definition) is 1. The zero-order valence-corrected chi connectivity index (χ0v) is 17.6. The van der Waals surface area contributed by atoms with Crippen molar-refractivity contribution in [3.05, 3.63) is 84.4 Å². The van der Waals surface area contributed by atoms with Gasteiger partial charge >= 0.3 is 12.2 Å². The van der Waals surface area contributed by atoms with Crippen molar-refractivity contribution in [3.8, 4) is 0 Å². The lowest BCUT2D eigenvalue weighted by Crippen LogP contribution is -2.53. The Kier molecular flexibility index (Phi) is 5.58. The minimum Gasteiger partial charge on any atom is -0.324 e. The third-order valence-electron chi connectivity index (χ3n) is 4.88. The molecule has 1 heterocycles. The summed E-state index contributed by atoms with van der Waals surface area (Å²) in [5.41, 5.74) is -1.50. The van der Waals surface area contributed by atoms with Gasteiger partial charge < -0.3 is 5.32 Å². The van der Waals surface area contributed by atoms with Crippen LogP contribution in [0.2, 0.25) is 0 Å². The van der Waals surface area contributed by atoms with E-state index in [2.05, 4.69) is 5.32 Å². The number of carbonyl (C=O) groups is 2. The zero-order valence-electron chi connectivity index (χ0n) is 16.8. The number of alkyl halides is 3. The molecule has 0 fully saturated rings. The summed E-state index contributed by atoms with van der Waals surface area (Å²) >= 11 is 0. The molecule has 33 heavy (non-hydrogen) atoms. The maximum Gasteiger partial charge on any atom is 0.418 e. The van der Waals surface area contributed by atoms with Gasteiger partial charge in [0, 0.05) is 0 Å². The van der Waals surface area contributed by atoms with Gasteiger partial charge in [0.1, 0.15) is 11.4 Å². The molecule has 0 unspecified atom stereocenters. The molecule has 7 nitrogen and oxygen atoms in total. The molecule has 0 atom stereocenters. The Hall–Kier alpha value is -3.86. The highest BCUT2D eigenvalue weighted by Gasteiger charge is 2.43. The number of carbonyl (C=O) groups excluding carboxylic acids is 2. The Morgan fingerprint density at radius 1 is 0.879 bits per heavy atom. The van der Waals surface area contributed by atoms with E-state index in [1.807, 2.05) is 0 Å². The van der Waals surface area contributed by atoms with Gasteiger partial charge in [-0.05, 0) is 36.4 Å². The summed E-state index contributed by atoms with van der Waals surface area (Å²) in [4.78, 5) is 26.6. The van der Waals surface area contributed by atoms with Gasteiger partial charge in [-0.25, -0.2) is 13.2 Å². The van der Waals surface area contributed by atoms with E-state index in [1.54, 1.807) is 18.2 Å². The zero-order chi connectivity index (χ0) is 23.8. The van der Waals surface area contributed by atoms with Crippen LogP contribution < -0.4 is 14.5 Å². The number of urea groups is 1. The van der Waals surface area contributed by atoms with Crippen molar-refractivity contribution in [1.82, 2.24) is 0 Å². The fourth-order valence-electron chi connectivity index (χ4n) is 3.45. The number of benzene rings is 3. The van der Waals surface area contributed by atoms with Gasteiger partial charge in [-0.2, -0.15) is 17.5 Å². The topological polar surface area (TPSA) is 86.8 Å². The molecule has 3 aromatic carbocycles. The van der Waals surface area contributed by atoms with Crippen LogP contribution in [0.3, 0.4) is 0 Å². The fraction of sp³-hybridized carbons (Fsp3) is 0.0909. The Bertz CT molecular complexity index is 1330. The Labute approximate surface area is 187 Å². The first kappa shape index (κ1) is 22.3. The smallest absolute Gasteiger partial charge is 0.324 e. The maximum absolute atomic E-state index is 13.3. The lowest BCUT2D eigenvalue weighted by atomic mass is 10.1. The average molecular weight is 475 g/mol. The van der Waals surface area contributed by atoms with E-state index in [0.717, 1.165) is 17.0 Å². The maximum atomic E-state index is 13.3. The third-order valence-corrected chi connectivity index (χ3v) is 6.63. The molecule has 0 radical (unpaired) electrons. The number of sulfonamides is 1. The highest BCUT2D eigenvalue weighted by Crippen LogP contribution is 2.37. The Morgan fingerprint density at radius 3 is 2.18 bits per heavy atom. The predicted molar refractivity (Wildman–Crippen MR) is 115 cm³/mol. The summed E-state index contributed by atoms with van der Waals surface area (Å²) in [7, 11) is -4.28. The number of para-hydroxylation sites is 3. The summed E-state index contributed by atoms with van der Waals surface area (Å²) in [6.45, 7) is -0.707. The molecule has 0 aliphatic carbocycles. The van der Waals surface area contributed by atoms with E-state index in [0.29, 0.717) is 4.31 Å². The quantitative estimate of drug-likeness (QED) is 0.603. The third kappa shape index (κ3) is 4.14. The molecule has 1 N–H and O–H groups in total. The molecule has 0 saturated carbocycles. The first-order valence-corrected chi connectivity index (χ1v) is 11.0. The van der Waals surface area contributed by atoms with Crippen molar-refractivity contribution in [1.29, 1.82) is 0 Å². The fourth-order valence-corrected chi connectivity index (χ4v) is 5.04. The van der Waals surface area contributed by atoms with Gasteiger partial charge in [0.2, 0.25) is 5.91 Å². The second-order valence-electron chi connectivity index (χ2n) is 7.03. The van der Waals surface area contributed by atoms with E-state index in [-0.39, 0.29) is 16.3 Å². The molecule has 11 heteroatoms. The molecule has 170 valence electrons. The minimum atomic E-state index is -4.70. The van der Waals surface area contributed by atoms with Crippen molar-refractivity contribution in [2.24, 2.45) is 0 Å². The summed E-state index contributed by atoms with van der Waals surface area (Å²) in [5.74, 6) is -0.929. The Balaban J connectivity index is 1.71. The number of nitrogens with zero attached hydrogens (tertiary/aromatic N) is 2. The number of hydrogen-bond acceptors (Lipinski definition) is 4. The minimum absolute atomic E-state index is 0.0473. The molecule has 0 aromatic heterocycles. The second kappa shape index (κ2) is 8.24. The van der Waals surface area contributed by atoms with E-state index in [4.69, 9.17) is 0 Å². The molecule has 4 rings (SSSR count). The van der Waals surface area contributed by atoms with Crippen LogP contribution in [-0.4, -0.2) is 26.9 Å². The number of anilines is 3. The van der Waals surface area contributed by atoms with Gasteiger partial charge in [0.25, 0.3) is 10.0 Å². The van der Waals surface area contributed by atoms with E-state index in [9.17, 15) is 31.2 Å². The van der Waals surface area contributed by atoms with E-state index >= 15 is 0 Å². The van der Waals surface area contributed by atoms with Crippen LogP contribution >= 0.6 is 0 Å². The highest BCUT2D eigenvalue weighted by atomic mass is 32.2. The monoisotopic (exact) mass is 475 g/mol. The second-order valence-corrected chi connectivity index (χ2v) is 8.79. The molecule has 1 aliphatic heterocycles. The molecule has 0 saturated heterocycles. The average Bonchev–Trinajstić information content (AvgIpc) is 2.77. The SMILES string of the molecule is O=C(CN1C(=O)N(c2ccccc2)S(=O)(=O)c2ccccc21)Nc1ccccc1C(F)(F)F. The molecular weight excluding hydrogens is 459 g/mol. The van der Waals surface area contributed by atoms with Crippen LogP contribution in [0.25, 0.3) is 0 Å². The molecule has 3 amide bonds. The van der Waals surface area contributed by atoms with Gasteiger partial charge in [-0.1, -0.05) is 42.5 Å². The van der Waals surface area contributed by atoms with Crippen LogP contribution in [0.15, 0.2) is 83.8 Å². The standard InChI is InChI=1S/C22H16F3N3O4S/c23-22(24,25)16-10-4-5-11-17(16)26-20(29)14-27-18-12-6-7-13-19(18)33(31,32)28(21(27)30)15-8-2-1-3-9-15/h1-13H,14H2,(H,26,29). The molecule has 0 bridgehead atoms. The van der Waals surface area contributed by atoms with Crippen molar-refractivity contribution in [3.63, 3.8) is 0 Å². The number of fused-ring (bicyclic) bond motifs is 1. The summed E-state index contributed by atoms with van der Waals surface area (Å²) in [6.07, 6.45) is -4.70. The van der Waals surface area contributed by atoms with Crippen LogP contribution in [0, 0.1) is 0 Å². The Morgan fingerprint density at radius 2 is 1.48 bits per heavy atom. The first-order chi connectivity index (χ1) is 15.6. The van der Waals surface area contributed by atoms with Gasteiger partial charge in [-0.15, -0.1) is 0 Å². The summed E-state index contributed by atoms with van der Waals surface area (Å²) in [5, 5.41) is 2.17. The van der Waals surface area contributed by atoms with E-state index < -0.39 is 45.9 Å². The van der Waals surface area contributed by atoms with E-state index in [1.165, 1.54) is 48.5 Å². The number of rotatable bonds is 4.